The molecule has 0 aliphatic rings. The molecule has 114 valence electrons. The third-order valence-electron chi connectivity index (χ3n) is 2.33. The van der Waals surface area contributed by atoms with Crippen LogP contribution in [0.3, 0.4) is 0 Å². The zero-order chi connectivity index (χ0) is 15.2. The van der Waals surface area contributed by atoms with Gasteiger partial charge >= 0.3 is 0 Å². The Morgan fingerprint density at radius 3 is 2.75 bits per heavy atom. The molecule has 0 fully saturated rings. The molecule has 1 aromatic rings. The van der Waals surface area contributed by atoms with Crippen LogP contribution < -0.4 is 10.5 Å². The average molecular weight is 387 g/mol. The fourth-order valence-corrected chi connectivity index (χ4v) is 3.70. The number of halogens is 2. The molecule has 0 bridgehead atoms. The topological polar surface area (TPSA) is 92.4 Å². The maximum Gasteiger partial charge on any atom is 0.243 e. The average Bonchev–Trinajstić information content (AvgIpc) is 2.37. The lowest BCUT2D eigenvalue weighted by atomic mass is 10.3. The molecular weight excluding hydrogens is 371 g/mol. The van der Waals surface area contributed by atoms with Gasteiger partial charge in [0.25, 0.3) is 0 Å². The molecule has 1 rings (SSSR count). The lowest BCUT2D eigenvalue weighted by Crippen LogP contribution is -2.27. The van der Waals surface area contributed by atoms with Crippen LogP contribution in [0.15, 0.2) is 21.5 Å². The predicted octanol–water partition coefficient (Wildman–Crippen LogP) is 1.56. The third-order valence-corrected chi connectivity index (χ3v) is 5.56. The largest absolute Gasteiger partial charge is 0.398 e. The number of anilines is 1. The van der Waals surface area contributed by atoms with Crippen molar-refractivity contribution in [3.8, 4) is 0 Å². The zero-order valence-corrected chi connectivity index (χ0v) is 13.8. The normalized spacial score (nSPS) is 11.8. The fourth-order valence-electron chi connectivity index (χ4n) is 1.35. The number of thioether (sulfide) groups is 1. The zero-order valence-electron chi connectivity index (χ0n) is 10.6. The molecule has 20 heavy (non-hydrogen) atoms. The van der Waals surface area contributed by atoms with E-state index in [0.29, 0.717) is 16.6 Å². The van der Waals surface area contributed by atoms with E-state index in [1.54, 1.807) is 0 Å². The van der Waals surface area contributed by atoms with Crippen molar-refractivity contribution >= 4 is 43.4 Å². The summed E-state index contributed by atoms with van der Waals surface area (Å²) in [6.45, 7) is 0.302. The summed E-state index contributed by atoms with van der Waals surface area (Å²) < 4.78 is 40.2. The highest BCUT2D eigenvalue weighted by Crippen LogP contribution is 2.25. The van der Waals surface area contributed by atoms with Crippen molar-refractivity contribution in [2.24, 2.45) is 0 Å². The van der Waals surface area contributed by atoms with Gasteiger partial charge in [-0.3, -0.25) is 0 Å². The quantitative estimate of drug-likeness (QED) is 0.465. The molecule has 0 aliphatic heterocycles. The minimum atomic E-state index is -3.91. The monoisotopic (exact) mass is 386 g/mol. The molecule has 0 atom stereocenters. The van der Waals surface area contributed by atoms with E-state index in [-0.39, 0.29) is 18.8 Å². The number of nitrogen functional groups attached to an aromatic ring is 1. The van der Waals surface area contributed by atoms with E-state index in [9.17, 15) is 12.8 Å². The highest BCUT2D eigenvalue weighted by Gasteiger charge is 2.20. The first-order chi connectivity index (χ1) is 9.38. The first-order valence-corrected chi connectivity index (χ1v) is 9.24. The van der Waals surface area contributed by atoms with E-state index < -0.39 is 20.7 Å². The lowest BCUT2D eigenvalue weighted by Gasteiger charge is -2.09. The standard InChI is InChI=1S/C11H16BrFN2O3S2/c12-8-6-9(13)11(7-10(8)14)20(17,18)15-2-5-19-4-1-3-16/h6-7,15-16H,1-5,14H2. The highest BCUT2D eigenvalue weighted by molar-refractivity contribution is 9.10. The molecule has 0 spiro atoms. The molecule has 4 N–H and O–H groups in total. The molecule has 0 amide bonds. The van der Waals surface area contributed by atoms with Crippen LogP contribution in [0.2, 0.25) is 0 Å². The van der Waals surface area contributed by atoms with Crippen molar-refractivity contribution in [2.75, 3.05) is 30.4 Å². The highest BCUT2D eigenvalue weighted by atomic mass is 79.9. The van der Waals surface area contributed by atoms with Gasteiger partial charge in [-0.15, -0.1) is 0 Å². The Hall–Kier alpha value is -0.350. The van der Waals surface area contributed by atoms with Crippen LogP contribution in [-0.4, -0.2) is 38.2 Å². The van der Waals surface area contributed by atoms with Gasteiger partial charge in [0.15, 0.2) is 0 Å². The van der Waals surface area contributed by atoms with Crippen LogP contribution in [0.4, 0.5) is 10.1 Å². The van der Waals surface area contributed by atoms with Crippen molar-refractivity contribution in [1.82, 2.24) is 4.72 Å². The maximum atomic E-state index is 13.7. The molecule has 0 radical (unpaired) electrons. The molecule has 0 heterocycles. The number of aliphatic hydroxyl groups is 1. The number of rotatable bonds is 8. The third kappa shape index (κ3) is 5.21. The molecule has 1 aromatic carbocycles. The van der Waals surface area contributed by atoms with Crippen LogP contribution >= 0.6 is 27.7 Å². The molecule has 0 aliphatic carbocycles. The van der Waals surface area contributed by atoms with Gasteiger partial charge in [0.1, 0.15) is 10.7 Å². The second kappa shape index (κ2) is 8.18. The van der Waals surface area contributed by atoms with E-state index in [4.69, 9.17) is 10.8 Å². The Morgan fingerprint density at radius 1 is 1.40 bits per heavy atom. The number of nitrogens with one attached hydrogen (secondary N) is 1. The van der Waals surface area contributed by atoms with Gasteiger partial charge < -0.3 is 10.8 Å². The van der Waals surface area contributed by atoms with Gasteiger partial charge in [0.05, 0.1) is 0 Å². The second-order valence-corrected chi connectivity index (χ2v) is 7.71. The van der Waals surface area contributed by atoms with E-state index in [2.05, 4.69) is 20.7 Å². The fraction of sp³-hybridized carbons (Fsp3) is 0.455. The minimum Gasteiger partial charge on any atom is -0.398 e. The Morgan fingerprint density at radius 2 is 2.10 bits per heavy atom. The van der Waals surface area contributed by atoms with Crippen molar-refractivity contribution in [3.63, 3.8) is 0 Å². The first kappa shape index (κ1) is 17.7. The Bertz CT molecular complexity index is 555. The molecule has 0 aromatic heterocycles. The van der Waals surface area contributed by atoms with Crippen molar-refractivity contribution < 1.29 is 17.9 Å². The number of aliphatic hydroxyl groups excluding tert-OH is 1. The molecule has 9 heteroatoms. The Labute approximate surface area is 130 Å². The first-order valence-electron chi connectivity index (χ1n) is 5.81. The van der Waals surface area contributed by atoms with E-state index in [1.165, 1.54) is 11.8 Å². The van der Waals surface area contributed by atoms with Gasteiger partial charge in [-0.1, -0.05) is 0 Å². The second-order valence-electron chi connectivity index (χ2n) is 3.89. The van der Waals surface area contributed by atoms with E-state index >= 15 is 0 Å². The van der Waals surface area contributed by atoms with Crippen LogP contribution in [0.25, 0.3) is 0 Å². The van der Waals surface area contributed by atoms with Gasteiger partial charge in [-0.25, -0.2) is 17.5 Å². The Balaban J connectivity index is 2.63. The van der Waals surface area contributed by atoms with Crippen LogP contribution in [0, 0.1) is 5.82 Å². The smallest absolute Gasteiger partial charge is 0.243 e. The van der Waals surface area contributed by atoms with Crippen LogP contribution in [0.5, 0.6) is 0 Å². The number of hydrogen-bond donors (Lipinski definition) is 3. The molecule has 5 nitrogen and oxygen atoms in total. The van der Waals surface area contributed by atoms with Crippen molar-refractivity contribution in [2.45, 2.75) is 11.3 Å². The molecule has 0 unspecified atom stereocenters. The maximum absolute atomic E-state index is 13.7. The molecule has 0 saturated carbocycles. The van der Waals surface area contributed by atoms with Gasteiger partial charge in [-0.2, -0.15) is 11.8 Å². The van der Waals surface area contributed by atoms with Crippen molar-refractivity contribution in [3.05, 3.63) is 22.4 Å². The van der Waals surface area contributed by atoms with Crippen molar-refractivity contribution in [1.29, 1.82) is 0 Å². The summed E-state index contributed by atoms with van der Waals surface area (Å²) in [4.78, 5) is -0.460. The summed E-state index contributed by atoms with van der Waals surface area (Å²) in [6.07, 6.45) is 0.662. The minimum absolute atomic E-state index is 0.113. The van der Waals surface area contributed by atoms with Gasteiger partial charge in [0.2, 0.25) is 10.0 Å². The van der Waals surface area contributed by atoms with E-state index in [0.717, 1.165) is 17.9 Å². The predicted molar refractivity (Wildman–Crippen MR) is 82.7 cm³/mol. The van der Waals surface area contributed by atoms with Crippen LogP contribution in [0.1, 0.15) is 6.42 Å². The summed E-state index contributed by atoms with van der Waals surface area (Å²) in [7, 11) is -3.91. The summed E-state index contributed by atoms with van der Waals surface area (Å²) in [6, 6.07) is 2.11. The number of sulfonamides is 1. The lowest BCUT2D eigenvalue weighted by molar-refractivity contribution is 0.296. The van der Waals surface area contributed by atoms with E-state index in [1.807, 2.05) is 0 Å². The summed E-state index contributed by atoms with van der Waals surface area (Å²) in [5.74, 6) is 0.441. The summed E-state index contributed by atoms with van der Waals surface area (Å²) in [5, 5.41) is 8.60. The molecule has 0 saturated heterocycles. The number of hydrogen-bond acceptors (Lipinski definition) is 5. The summed E-state index contributed by atoms with van der Waals surface area (Å²) in [5.41, 5.74) is 5.72. The SMILES string of the molecule is Nc1cc(S(=O)(=O)NCCSCCCO)c(F)cc1Br. The molecular formula is C11H16BrFN2O3S2. The number of benzene rings is 1. The Kier molecular flexibility index (Phi) is 7.24. The number of nitrogens with two attached hydrogens (primary N) is 1. The van der Waals surface area contributed by atoms with Gasteiger partial charge in [-0.05, 0) is 40.2 Å². The summed E-state index contributed by atoms with van der Waals surface area (Å²) >= 11 is 4.54. The van der Waals surface area contributed by atoms with Gasteiger partial charge in [0, 0.05) is 29.1 Å². The van der Waals surface area contributed by atoms with Crippen LogP contribution in [-0.2, 0) is 10.0 Å².